The highest BCUT2D eigenvalue weighted by Crippen LogP contribution is 2.39. The molecule has 2 nitrogen and oxygen atoms in total. The molecule has 2 heterocycles. The Morgan fingerprint density at radius 3 is 2.13 bits per heavy atom. The molecule has 0 saturated carbocycles. The monoisotopic (exact) mass is 405 g/mol. The summed E-state index contributed by atoms with van der Waals surface area (Å²) in [6, 6.07) is 25.6. The average molecular weight is 406 g/mol. The molecule has 0 radical (unpaired) electrons. The van der Waals surface area contributed by atoms with Crippen LogP contribution in [0.5, 0.6) is 0 Å². The van der Waals surface area contributed by atoms with Gasteiger partial charge in [0, 0.05) is 22.5 Å². The van der Waals surface area contributed by atoms with Crippen LogP contribution in [0, 0.1) is 0 Å². The minimum absolute atomic E-state index is 0.448. The number of para-hydroxylation sites is 2. The molecule has 5 rings (SSSR count). The first kappa shape index (κ1) is 19.6. The first-order valence-electron chi connectivity index (χ1n) is 11.0. The van der Waals surface area contributed by atoms with E-state index in [1.165, 1.54) is 22.3 Å². The number of pyridine rings is 1. The predicted octanol–water partition coefficient (Wildman–Crippen LogP) is 8.56. The molecule has 2 aromatic heterocycles. The molecule has 0 spiro atoms. The zero-order valence-corrected chi connectivity index (χ0v) is 18.5. The third-order valence-corrected chi connectivity index (χ3v) is 6.10. The van der Waals surface area contributed by atoms with Crippen LogP contribution in [-0.2, 0) is 0 Å². The van der Waals surface area contributed by atoms with Crippen LogP contribution >= 0.6 is 0 Å². The van der Waals surface area contributed by atoms with Gasteiger partial charge in [0.15, 0.2) is 0 Å². The van der Waals surface area contributed by atoms with Gasteiger partial charge in [-0.3, -0.25) is 4.98 Å². The standard InChI is InChI=1S/C29H27NO/c1-18(2)21-10-7-11-22(19(3)4)28(21)20-15-16-30-26(17-20)25-13-8-12-24-23-9-5-6-14-27(23)31-29(24)25/h5-19H,1-4H3. The van der Waals surface area contributed by atoms with Crippen LogP contribution < -0.4 is 0 Å². The van der Waals surface area contributed by atoms with Gasteiger partial charge in [-0.15, -0.1) is 0 Å². The Morgan fingerprint density at radius 2 is 1.39 bits per heavy atom. The largest absolute Gasteiger partial charge is 0.455 e. The topological polar surface area (TPSA) is 26.0 Å². The Morgan fingerprint density at radius 1 is 0.710 bits per heavy atom. The van der Waals surface area contributed by atoms with E-state index in [2.05, 4.69) is 88.4 Å². The predicted molar refractivity (Wildman–Crippen MR) is 131 cm³/mol. The van der Waals surface area contributed by atoms with Crippen molar-refractivity contribution in [2.24, 2.45) is 0 Å². The molecule has 0 aliphatic carbocycles. The minimum atomic E-state index is 0.448. The van der Waals surface area contributed by atoms with E-state index in [-0.39, 0.29) is 0 Å². The zero-order chi connectivity index (χ0) is 21.5. The molecule has 0 bridgehead atoms. The summed E-state index contributed by atoms with van der Waals surface area (Å²) in [6.45, 7) is 9.06. The average Bonchev–Trinajstić information content (AvgIpc) is 3.17. The zero-order valence-electron chi connectivity index (χ0n) is 18.5. The molecule has 0 unspecified atom stereocenters. The van der Waals surface area contributed by atoms with Gasteiger partial charge < -0.3 is 4.42 Å². The van der Waals surface area contributed by atoms with Crippen molar-refractivity contribution in [1.82, 2.24) is 4.98 Å². The molecule has 0 saturated heterocycles. The second-order valence-corrected chi connectivity index (χ2v) is 8.83. The van der Waals surface area contributed by atoms with E-state index in [0.717, 1.165) is 33.2 Å². The van der Waals surface area contributed by atoms with Crippen LogP contribution in [-0.4, -0.2) is 4.98 Å². The third kappa shape index (κ3) is 3.33. The minimum Gasteiger partial charge on any atom is -0.455 e. The number of rotatable bonds is 4. The van der Waals surface area contributed by atoms with Gasteiger partial charge in [-0.1, -0.05) is 76.2 Å². The summed E-state index contributed by atoms with van der Waals surface area (Å²) < 4.78 is 6.27. The molecule has 0 aliphatic rings. The van der Waals surface area contributed by atoms with E-state index in [1.807, 2.05) is 18.3 Å². The number of fused-ring (bicyclic) bond motifs is 3. The van der Waals surface area contributed by atoms with Crippen molar-refractivity contribution in [3.63, 3.8) is 0 Å². The van der Waals surface area contributed by atoms with E-state index in [0.29, 0.717) is 11.8 Å². The first-order chi connectivity index (χ1) is 15.0. The van der Waals surface area contributed by atoms with Crippen molar-refractivity contribution in [1.29, 1.82) is 0 Å². The number of benzene rings is 3. The summed E-state index contributed by atoms with van der Waals surface area (Å²) in [5.74, 6) is 0.897. The van der Waals surface area contributed by atoms with Gasteiger partial charge in [-0.2, -0.15) is 0 Å². The van der Waals surface area contributed by atoms with Crippen molar-refractivity contribution in [3.05, 3.63) is 90.1 Å². The van der Waals surface area contributed by atoms with E-state index >= 15 is 0 Å². The maximum atomic E-state index is 6.27. The molecular formula is C29H27NO. The van der Waals surface area contributed by atoms with E-state index in [1.54, 1.807) is 0 Å². The van der Waals surface area contributed by atoms with E-state index < -0.39 is 0 Å². The fourth-order valence-electron chi connectivity index (χ4n) is 4.57. The lowest BCUT2D eigenvalue weighted by Gasteiger charge is -2.20. The molecular weight excluding hydrogens is 378 g/mol. The Hall–Kier alpha value is -3.39. The van der Waals surface area contributed by atoms with Crippen molar-refractivity contribution < 1.29 is 4.42 Å². The fraction of sp³-hybridized carbons (Fsp3) is 0.207. The van der Waals surface area contributed by atoms with Crippen LogP contribution in [0.25, 0.3) is 44.3 Å². The summed E-state index contributed by atoms with van der Waals surface area (Å²) in [4.78, 5) is 4.74. The van der Waals surface area contributed by atoms with Crippen molar-refractivity contribution >= 4 is 21.9 Å². The second-order valence-electron chi connectivity index (χ2n) is 8.83. The van der Waals surface area contributed by atoms with Crippen LogP contribution in [0.2, 0.25) is 0 Å². The summed E-state index contributed by atoms with van der Waals surface area (Å²) in [7, 11) is 0. The lowest BCUT2D eigenvalue weighted by atomic mass is 9.85. The molecule has 3 aromatic carbocycles. The molecule has 5 aromatic rings. The number of furan rings is 1. The fourth-order valence-corrected chi connectivity index (χ4v) is 4.57. The molecule has 0 fully saturated rings. The highest BCUT2D eigenvalue weighted by Gasteiger charge is 2.17. The van der Waals surface area contributed by atoms with Crippen molar-refractivity contribution in [2.75, 3.05) is 0 Å². The molecule has 0 amide bonds. The van der Waals surface area contributed by atoms with Crippen molar-refractivity contribution in [3.8, 4) is 22.4 Å². The van der Waals surface area contributed by atoms with Crippen molar-refractivity contribution in [2.45, 2.75) is 39.5 Å². The first-order valence-corrected chi connectivity index (χ1v) is 11.0. The summed E-state index contributed by atoms with van der Waals surface area (Å²) >= 11 is 0. The SMILES string of the molecule is CC(C)c1cccc(C(C)C)c1-c1ccnc(-c2cccc3c2oc2ccccc23)c1. The Balaban J connectivity index is 1.74. The summed E-state index contributed by atoms with van der Waals surface area (Å²) in [5, 5.41) is 2.27. The molecule has 31 heavy (non-hydrogen) atoms. The van der Waals surface area contributed by atoms with Gasteiger partial charge in [0.1, 0.15) is 11.2 Å². The Bertz CT molecular complexity index is 1360. The molecule has 154 valence electrons. The molecule has 2 heteroatoms. The normalized spacial score (nSPS) is 11.8. The van der Waals surface area contributed by atoms with Gasteiger partial charge >= 0.3 is 0 Å². The van der Waals surface area contributed by atoms with Gasteiger partial charge in [0.2, 0.25) is 0 Å². The van der Waals surface area contributed by atoms with Crippen LogP contribution in [0.4, 0.5) is 0 Å². The number of hydrogen-bond acceptors (Lipinski definition) is 2. The molecule has 0 aliphatic heterocycles. The summed E-state index contributed by atoms with van der Waals surface area (Å²) in [6.07, 6.45) is 1.92. The lowest BCUT2D eigenvalue weighted by Crippen LogP contribution is -2.00. The Kier molecular flexibility index (Phi) is 4.86. The Labute approximate surface area is 183 Å². The van der Waals surface area contributed by atoms with Crippen LogP contribution in [0.1, 0.15) is 50.7 Å². The van der Waals surface area contributed by atoms with Gasteiger partial charge in [0.05, 0.1) is 5.69 Å². The van der Waals surface area contributed by atoms with Crippen LogP contribution in [0.3, 0.4) is 0 Å². The second kappa shape index (κ2) is 7.70. The number of nitrogens with zero attached hydrogens (tertiary/aromatic N) is 1. The quantitative estimate of drug-likeness (QED) is 0.299. The van der Waals surface area contributed by atoms with Gasteiger partial charge in [-0.25, -0.2) is 0 Å². The maximum Gasteiger partial charge on any atom is 0.144 e. The highest BCUT2D eigenvalue weighted by molar-refractivity contribution is 6.09. The van der Waals surface area contributed by atoms with Gasteiger partial charge in [-0.05, 0) is 58.4 Å². The van der Waals surface area contributed by atoms with Gasteiger partial charge in [0.25, 0.3) is 0 Å². The number of aromatic nitrogens is 1. The van der Waals surface area contributed by atoms with Crippen LogP contribution in [0.15, 0.2) is 83.4 Å². The van der Waals surface area contributed by atoms with E-state index in [9.17, 15) is 0 Å². The lowest BCUT2D eigenvalue weighted by molar-refractivity contribution is 0.670. The molecule has 0 N–H and O–H groups in total. The maximum absolute atomic E-state index is 6.27. The van der Waals surface area contributed by atoms with E-state index in [4.69, 9.17) is 9.40 Å². The third-order valence-electron chi connectivity index (χ3n) is 6.10. The highest BCUT2D eigenvalue weighted by atomic mass is 16.3. The molecule has 0 atom stereocenters. The smallest absolute Gasteiger partial charge is 0.144 e. The number of hydrogen-bond donors (Lipinski definition) is 0. The summed E-state index contributed by atoms with van der Waals surface area (Å²) in [5.41, 5.74) is 9.09.